The van der Waals surface area contributed by atoms with Crippen LogP contribution in [0, 0.1) is 3.57 Å². The minimum absolute atomic E-state index is 1.20. The Morgan fingerprint density at radius 2 is 1.77 bits per heavy atom. The molecule has 0 aliphatic heterocycles. The molecule has 0 saturated heterocycles. The molecule has 0 saturated carbocycles. The smallest absolute Gasteiger partial charge is 0.0357 e. The van der Waals surface area contributed by atoms with Crippen LogP contribution < -0.4 is 0 Å². The second-order valence-electron chi connectivity index (χ2n) is 2.72. The predicted molar refractivity (Wildman–Crippen MR) is 62.4 cm³/mol. The molecule has 0 N–H and O–H groups in total. The van der Waals surface area contributed by atoms with Gasteiger partial charge in [0.15, 0.2) is 0 Å². The van der Waals surface area contributed by atoms with Crippen molar-refractivity contribution in [3.8, 4) is 11.1 Å². The first-order valence-corrected chi connectivity index (χ1v) is 5.11. The van der Waals surface area contributed by atoms with Gasteiger partial charge in [-0.1, -0.05) is 30.3 Å². The summed E-state index contributed by atoms with van der Waals surface area (Å²) >= 11 is 2.32. The number of nitrogens with zero attached hydrogens (tertiary/aromatic N) is 1. The lowest BCUT2D eigenvalue weighted by molar-refractivity contribution is 1.31. The number of hydrogen-bond donors (Lipinski definition) is 0. The molecule has 1 heterocycles. The topological polar surface area (TPSA) is 12.9 Å². The maximum atomic E-state index is 4.12. The van der Waals surface area contributed by atoms with Gasteiger partial charge in [0.2, 0.25) is 0 Å². The average molecular weight is 281 g/mol. The molecule has 1 aromatic carbocycles. The van der Waals surface area contributed by atoms with Crippen molar-refractivity contribution in [2.75, 3.05) is 0 Å². The van der Waals surface area contributed by atoms with Crippen molar-refractivity contribution < 1.29 is 0 Å². The van der Waals surface area contributed by atoms with Crippen molar-refractivity contribution in [3.05, 3.63) is 52.4 Å². The second-order valence-corrected chi connectivity index (χ2v) is 3.88. The van der Waals surface area contributed by atoms with E-state index in [1.165, 1.54) is 14.7 Å². The number of rotatable bonds is 1. The summed E-state index contributed by atoms with van der Waals surface area (Å²) in [5.74, 6) is 0. The van der Waals surface area contributed by atoms with E-state index in [1.807, 2.05) is 36.7 Å². The van der Waals surface area contributed by atoms with Crippen LogP contribution in [0.4, 0.5) is 0 Å². The van der Waals surface area contributed by atoms with Crippen LogP contribution >= 0.6 is 22.6 Å². The van der Waals surface area contributed by atoms with E-state index in [-0.39, 0.29) is 0 Å². The summed E-state index contributed by atoms with van der Waals surface area (Å²) in [7, 11) is 0. The predicted octanol–water partition coefficient (Wildman–Crippen LogP) is 3.35. The molecule has 0 amide bonds. The van der Waals surface area contributed by atoms with E-state index in [9.17, 15) is 0 Å². The van der Waals surface area contributed by atoms with E-state index in [4.69, 9.17) is 0 Å². The Bertz CT molecular complexity index is 398. The molecular weight excluding hydrogens is 273 g/mol. The van der Waals surface area contributed by atoms with Gasteiger partial charge in [0, 0.05) is 21.5 Å². The second kappa shape index (κ2) is 3.87. The molecule has 2 rings (SSSR count). The molecule has 64 valence electrons. The SMILES string of the molecule is Ic1ccncc1-c1ccccc1. The zero-order valence-corrected chi connectivity index (χ0v) is 9.10. The van der Waals surface area contributed by atoms with Gasteiger partial charge in [-0.2, -0.15) is 0 Å². The van der Waals surface area contributed by atoms with Crippen molar-refractivity contribution in [2.45, 2.75) is 0 Å². The van der Waals surface area contributed by atoms with E-state index < -0.39 is 0 Å². The number of pyridine rings is 1. The molecule has 0 spiro atoms. The summed E-state index contributed by atoms with van der Waals surface area (Å²) in [4.78, 5) is 4.12. The molecule has 0 unspecified atom stereocenters. The van der Waals surface area contributed by atoms with Gasteiger partial charge in [0.1, 0.15) is 0 Å². The normalized spacial score (nSPS) is 9.92. The molecule has 1 aromatic heterocycles. The van der Waals surface area contributed by atoms with Gasteiger partial charge in [0.05, 0.1) is 0 Å². The molecule has 13 heavy (non-hydrogen) atoms. The Kier molecular flexibility index (Phi) is 2.59. The Hall–Kier alpha value is -0.900. The molecule has 0 atom stereocenters. The van der Waals surface area contributed by atoms with Crippen LogP contribution in [0.25, 0.3) is 11.1 Å². The minimum Gasteiger partial charge on any atom is -0.264 e. The Morgan fingerprint density at radius 1 is 1.00 bits per heavy atom. The summed E-state index contributed by atoms with van der Waals surface area (Å²) in [5.41, 5.74) is 2.42. The van der Waals surface area contributed by atoms with Crippen LogP contribution in [0.5, 0.6) is 0 Å². The van der Waals surface area contributed by atoms with Crippen molar-refractivity contribution in [1.29, 1.82) is 0 Å². The fraction of sp³-hybridized carbons (Fsp3) is 0. The molecule has 2 aromatic rings. The molecule has 1 nitrogen and oxygen atoms in total. The first-order chi connectivity index (χ1) is 6.38. The first kappa shape index (κ1) is 8.69. The number of hydrogen-bond acceptors (Lipinski definition) is 1. The van der Waals surface area contributed by atoms with Crippen LogP contribution in [0.2, 0.25) is 0 Å². The third-order valence-electron chi connectivity index (χ3n) is 1.85. The fourth-order valence-electron chi connectivity index (χ4n) is 1.21. The lowest BCUT2D eigenvalue weighted by Crippen LogP contribution is -1.83. The summed E-state index contributed by atoms with van der Waals surface area (Å²) < 4.78 is 1.24. The third-order valence-corrected chi connectivity index (χ3v) is 2.79. The van der Waals surface area contributed by atoms with Crippen LogP contribution in [-0.2, 0) is 0 Å². The van der Waals surface area contributed by atoms with Gasteiger partial charge in [-0.3, -0.25) is 4.98 Å². The van der Waals surface area contributed by atoms with Gasteiger partial charge in [-0.25, -0.2) is 0 Å². The minimum atomic E-state index is 1.20. The van der Waals surface area contributed by atoms with Gasteiger partial charge in [-0.05, 0) is 34.2 Å². The lowest BCUT2D eigenvalue weighted by Gasteiger charge is -2.02. The lowest BCUT2D eigenvalue weighted by atomic mass is 10.1. The van der Waals surface area contributed by atoms with E-state index in [0.717, 1.165) is 0 Å². The molecule has 0 aliphatic carbocycles. The summed E-state index contributed by atoms with van der Waals surface area (Å²) in [6.07, 6.45) is 3.71. The van der Waals surface area contributed by atoms with Crippen molar-refractivity contribution in [2.24, 2.45) is 0 Å². The summed E-state index contributed by atoms with van der Waals surface area (Å²) in [5, 5.41) is 0. The van der Waals surface area contributed by atoms with Crippen molar-refractivity contribution >= 4 is 22.6 Å². The first-order valence-electron chi connectivity index (χ1n) is 4.03. The van der Waals surface area contributed by atoms with E-state index in [1.54, 1.807) is 0 Å². The maximum Gasteiger partial charge on any atom is 0.0357 e. The fourth-order valence-corrected chi connectivity index (χ4v) is 1.82. The van der Waals surface area contributed by atoms with E-state index in [0.29, 0.717) is 0 Å². The zero-order valence-electron chi connectivity index (χ0n) is 6.94. The van der Waals surface area contributed by atoms with Crippen molar-refractivity contribution in [3.63, 3.8) is 0 Å². The third kappa shape index (κ3) is 1.88. The molecule has 0 fully saturated rings. The van der Waals surface area contributed by atoms with Gasteiger partial charge >= 0.3 is 0 Å². The molecular formula is C11H8IN. The Labute approximate surface area is 91.0 Å². The highest BCUT2D eigenvalue weighted by Gasteiger charge is 2.00. The zero-order chi connectivity index (χ0) is 9.10. The van der Waals surface area contributed by atoms with Crippen LogP contribution in [0.1, 0.15) is 0 Å². The molecule has 2 heteroatoms. The summed E-state index contributed by atoms with van der Waals surface area (Å²) in [6, 6.07) is 12.3. The highest BCUT2D eigenvalue weighted by molar-refractivity contribution is 14.1. The monoisotopic (exact) mass is 281 g/mol. The quantitative estimate of drug-likeness (QED) is 0.730. The molecule has 0 aliphatic rings. The number of aromatic nitrogens is 1. The Morgan fingerprint density at radius 3 is 2.46 bits per heavy atom. The van der Waals surface area contributed by atoms with Crippen molar-refractivity contribution in [1.82, 2.24) is 4.98 Å². The van der Waals surface area contributed by atoms with Crippen LogP contribution in [0.3, 0.4) is 0 Å². The Balaban J connectivity index is 2.54. The standard InChI is InChI=1S/C11H8IN/c12-11-6-7-13-8-10(11)9-4-2-1-3-5-9/h1-8H. The van der Waals surface area contributed by atoms with Gasteiger partial charge in [0.25, 0.3) is 0 Å². The van der Waals surface area contributed by atoms with Crippen LogP contribution in [-0.4, -0.2) is 4.98 Å². The molecule has 0 bridgehead atoms. The van der Waals surface area contributed by atoms with Crippen LogP contribution in [0.15, 0.2) is 48.8 Å². The highest BCUT2D eigenvalue weighted by atomic mass is 127. The molecule has 0 radical (unpaired) electrons. The van der Waals surface area contributed by atoms with E-state index in [2.05, 4.69) is 39.7 Å². The van der Waals surface area contributed by atoms with E-state index >= 15 is 0 Å². The highest BCUT2D eigenvalue weighted by Crippen LogP contribution is 2.23. The van der Waals surface area contributed by atoms with Gasteiger partial charge < -0.3 is 0 Å². The summed E-state index contributed by atoms with van der Waals surface area (Å²) in [6.45, 7) is 0. The van der Waals surface area contributed by atoms with Gasteiger partial charge in [-0.15, -0.1) is 0 Å². The largest absolute Gasteiger partial charge is 0.264 e. The average Bonchev–Trinajstić information content (AvgIpc) is 2.20. The number of benzene rings is 1. The maximum absolute atomic E-state index is 4.12. The number of halogens is 1.